The van der Waals surface area contributed by atoms with Gasteiger partial charge in [0.1, 0.15) is 6.04 Å². The van der Waals surface area contributed by atoms with Gasteiger partial charge in [0.25, 0.3) is 11.6 Å². The molecule has 1 saturated heterocycles. The summed E-state index contributed by atoms with van der Waals surface area (Å²) in [6, 6.07) is 3.96. The maximum atomic E-state index is 13.0. The van der Waals surface area contributed by atoms with Crippen molar-refractivity contribution in [3.63, 3.8) is 0 Å². The van der Waals surface area contributed by atoms with E-state index in [1.165, 1.54) is 44.2 Å². The molecule has 0 aromatic heterocycles. The molecule has 1 unspecified atom stereocenters. The van der Waals surface area contributed by atoms with E-state index in [2.05, 4.69) is 0 Å². The number of amides is 2. The molecule has 2 amide bonds. The van der Waals surface area contributed by atoms with E-state index in [0.717, 1.165) is 13.0 Å². The van der Waals surface area contributed by atoms with Gasteiger partial charge in [-0.15, -0.1) is 0 Å². The van der Waals surface area contributed by atoms with E-state index in [4.69, 9.17) is 0 Å². The van der Waals surface area contributed by atoms with E-state index < -0.39 is 11.0 Å². The fraction of sp³-hybridized carbons (Fsp3) is 0.619. The average molecular weight is 387 g/mol. The Morgan fingerprint density at radius 3 is 2.54 bits per heavy atom. The van der Waals surface area contributed by atoms with Gasteiger partial charge in [0.15, 0.2) is 0 Å². The summed E-state index contributed by atoms with van der Waals surface area (Å²) in [5.41, 5.74) is 0.850. The number of carbonyl (C=O) groups excluding carboxylic acids is 2. The van der Waals surface area contributed by atoms with E-state index >= 15 is 0 Å². The highest BCUT2D eigenvalue weighted by Crippen LogP contribution is 2.27. The highest BCUT2D eigenvalue weighted by atomic mass is 16.6. The van der Waals surface area contributed by atoms with Crippen LogP contribution in [0.1, 0.15) is 60.9 Å². The topological polar surface area (TPSA) is 83.8 Å². The SMILES string of the molecule is Cc1cc(C(=O)N2CCCC2C(=O)N(C)CC2CCCCC2)ccc1[N+](=O)[O-]. The molecule has 1 aliphatic carbocycles. The lowest BCUT2D eigenvalue weighted by Crippen LogP contribution is -2.47. The number of nitro groups is 1. The predicted octanol–water partition coefficient (Wildman–Crippen LogP) is 3.55. The van der Waals surface area contributed by atoms with Gasteiger partial charge >= 0.3 is 0 Å². The van der Waals surface area contributed by atoms with Crippen LogP contribution in [0.15, 0.2) is 18.2 Å². The second-order valence-corrected chi connectivity index (χ2v) is 8.14. The molecule has 7 nitrogen and oxygen atoms in total. The van der Waals surface area contributed by atoms with Gasteiger partial charge in [0.05, 0.1) is 4.92 Å². The molecule has 0 N–H and O–H groups in total. The van der Waals surface area contributed by atoms with Crippen LogP contribution in [-0.4, -0.2) is 52.7 Å². The molecule has 0 radical (unpaired) electrons. The molecule has 1 aliphatic heterocycles. The van der Waals surface area contributed by atoms with Gasteiger partial charge in [-0.2, -0.15) is 0 Å². The van der Waals surface area contributed by atoms with Crippen LogP contribution in [0.2, 0.25) is 0 Å². The largest absolute Gasteiger partial charge is 0.344 e. The van der Waals surface area contributed by atoms with Gasteiger partial charge in [-0.3, -0.25) is 19.7 Å². The third-order valence-corrected chi connectivity index (χ3v) is 6.07. The highest BCUT2D eigenvalue weighted by molar-refractivity contribution is 5.98. The Morgan fingerprint density at radius 1 is 1.18 bits per heavy atom. The Labute approximate surface area is 165 Å². The lowest BCUT2D eigenvalue weighted by atomic mass is 9.89. The van der Waals surface area contributed by atoms with Crippen LogP contribution >= 0.6 is 0 Å². The molecule has 28 heavy (non-hydrogen) atoms. The van der Waals surface area contributed by atoms with Gasteiger partial charge in [0, 0.05) is 37.3 Å². The van der Waals surface area contributed by atoms with Crippen molar-refractivity contribution in [1.29, 1.82) is 0 Å². The number of likely N-dealkylation sites (N-methyl/N-ethyl adjacent to an activating group) is 1. The van der Waals surface area contributed by atoms with Crippen LogP contribution in [-0.2, 0) is 4.79 Å². The molecule has 1 atom stereocenters. The van der Waals surface area contributed by atoms with E-state index in [1.807, 2.05) is 7.05 Å². The smallest absolute Gasteiger partial charge is 0.272 e. The number of hydrogen-bond donors (Lipinski definition) is 0. The quantitative estimate of drug-likeness (QED) is 0.571. The molecule has 1 aromatic rings. The fourth-order valence-corrected chi connectivity index (χ4v) is 4.53. The van der Waals surface area contributed by atoms with Gasteiger partial charge in [-0.05, 0) is 50.7 Å². The Morgan fingerprint density at radius 2 is 1.89 bits per heavy atom. The summed E-state index contributed by atoms with van der Waals surface area (Å²) in [5, 5.41) is 11.0. The number of nitro benzene ring substituents is 1. The van der Waals surface area contributed by atoms with Crippen molar-refractivity contribution in [3.8, 4) is 0 Å². The number of aryl methyl sites for hydroxylation is 1. The van der Waals surface area contributed by atoms with E-state index in [1.54, 1.807) is 22.8 Å². The molecule has 152 valence electrons. The third-order valence-electron chi connectivity index (χ3n) is 6.07. The van der Waals surface area contributed by atoms with Crippen molar-refractivity contribution in [1.82, 2.24) is 9.80 Å². The summed E-state index contributed by atoms with van der Waals surface area (Å²) in [6.45, 7) is 2.93. The summed E-state index contributed by atoms with van der Waals surface area (Å²) in [7, 11) is 1.84. The molecule has 2 aliphatic rings. The molecule has 0 spiro atoms. The van der Waals surface area contributed by atoms with Crippen molar-refractivity contribution < 1.29 is 14.5 Å². The van der Waals surface area contributed by atoms with Gasteiger partial charge in [0.2, 0.25) is 5.91 Å². The minimum Gasteiger partial charge on any atom is -0.344 e. The molecular weight excluding hydrogens is 358 g/mol. The molecule has 1 aromatic carbocycles. The van der Waals surface area contributed by atoms with Gasteiger partial charge in [-0.25, -0.2) is 0 Å². The monoisotopic (exact) mass is 387 g/mol. The normalized spacial score (nSPS) is 20.2. The minimum atomic E-state index is -0.452. The maximum Gasteiger partial charge on any atom is 0.272 e. The number of hydrogen-bond acceptors (Lipinski definition) is 4. The first-order valence-electron chi connectivity index (χ1n) is 10.2. The second-order valence-electron chi connectivity index (χ2n) is 8.14. The second kappa shape index (κ2) is 8.71. The van der Waals surface area contributed by atoms with Crippen molar-refractivity contribution >= 4 is 17.5 Å². The van der Waals surface area contributed by atoms with Crippen LogP contribution < -0.4 is 0 Å². The molecule has 1 saturated carbocycles. The number of benzene rings is 1. The van der Waals surface area contributed by atoms with Crippen molar-refractivity contribution in [3.05, 3.63) is 39.4 Å². The molecule has 1 heterocycles. The number of rotatable bonds is 5. The summed E-state index contributed by atoms with van der Waals surface area (Å²) >= 11 is 0. The lowest BCUT2D eigenvalue weighted by Gasteiger charge is -2.31. The Kier molecular flexibility index (Phi) is 6.31. The van der Waals surface area contributed by atoms with Crippen LogP contribution in [0.3, 0.4) is 0 Å². The molecular formula is C21H29N3O4. The standard InChI is InChI=1S/C21H29N3O4/c1-15-13-17(10-11-18(15)24(27)28)20(25)23-12-6-9-19(23)21(26)22(2)14-16-7-4-3-5-8-16/h10-11,13,16,19H,3-9,12,14H2,1-2H3. The van der Waals surface area contributed by atoms with Crippen LogP contribution in [0.25, 0.3) is 0 Å². The number of carbonyl (C=O) groups is 2. The zero-order valence-electron chi connectivity index (χ0n) is 16.7. The van der Waals surface area contributed by atoms with Crippen LogP contribution in [0.4, 0.5) is 5.69 Å². The molecule has 3 rings (SSSR count). The maximum absolute atomic E-state index is 13.0. The zero-order chi connectivity index (χ0) is 20.3. The van der Waals surface area contributed by atoms with E-state index in [-0.39, 0.29) is 17.5 Å². The van der Waals surface area contributed by atoms with Gasteiger partial charge in [-0.1, -0.05) is 19.3 Å². The van der Waals surface area contributed by atoms with E-state index in [9.17, 15) is 19.7 Å². The minimum absolute atomic E-state index is 0.00202. The van der Waals surface area contributed by atoms with Crippen molar-refractivity contribution in [2.24, 2.45) is 5.92 Å². The van der Waals surface area contributed by atoms with Crippen LogP contribution in [0, 0.1) is 23.0 Å². The first-order valence-corrected chi connectivity index (χ1v) is 10.2. The summed E-state index contributed by atoms with van der Waals surface area (Å²) in [5.74, 6) is 0.348. The predicted molar refractivity (Wildman–Crippen MR) is 106 cm³/mol. The number of likely N-dealkylation sites (tertiary alicyclic amines) is 1. The Balaban J connectivity index is 1.69. The summed E-state index contributed by atoms with van der Waals surface area (Å²) in [4.78, 5) is 40.0. The average Bonchev–Trinajstić information content (AvgIpc) is 3.16. The highest BCUT2D eigenvalue weighted by Gasteiger charge is 2.36. The van der Waals surface area contributed by atoms with Crippen molar-refractivity contribution in [2.75, 3.05) is 20.1 Å². The van der Waals surface area contributed by atoms with E-state index in [0.29, 0.717) is 30.0 Å². The Bertz CT molecular complexity index is 758. The third kappa shape index (κ3) is 4.34. The first-order chi connectivity index (χ1) is 13.4. The number of nitrogens with zero attached hydrogens (tertiary/aromatic N) is 3. The zero-order valence-corrected chi connectivity index (χ0v) is 16.7. The van der Waals surface area contributed by atoms with Gasteiger partial charge < -0.3 is 9.80 Å². The summed E-state index contributed by atoms with van der Waals surface area (Å²) in [6.07, 6.45) is 7.57. The lowest BCUT2D eigenvalue weighted by molar-refractivity contribution is -0.385. The van der Waals surface area contributed by atoms with Crippen molar-refractivity contribution in [2.45, 2.75) is 57.9 Å². The molecule has 0 bridgehead atoms. The summed E-state index contributed by atoms with van der Waals surface area (Å²) < 4.78 is 0. The first kappa shape index (κ1) is 20.3. The molecule has 7 heteroatoms. The fourth-order valence-electron chi connectivity index (χ4n) is 4.53. The van der Waals surface area contributed by atoms with Crippen LogP contribution in [0.5, 0.6) is 0 Å². The molecule has 2 fully saturated rings. The Hall–Kier alpha value is -2.44.